The average Bonchev–Trinajstić information content (AvgIpc) is 3.24. The highest BCUT2D eigenvalue weighted by molar-refractivity contribution is 7.08. The van der Waals surface area contributed by atoms with Crippen LogP contribution in [0.5, 0.6) is 0 Å². The molecular weight excluding hydrogens is 414 g/mol. The van der Waals surface area contributed by atoms with Gasteiger partial charge in [-0.3, -0.25) is 9.59 Å². The fraction of sp³-hybridized carbons (Fsp3) is 0.435. The predicted octanol–water partition coefficient (Wildman–Crippen LogP) is 3.47. The number of ether oxygens (including phenoxy) is 1. The van der Waals surface area contributed by atoms with E-state index in [1.165, 1.54) is 0 Å². The normalized spacial score (nSPS) is 16.7. The first-order valence-electron chi connectivity index (χ1n) is 10.3. The maximum absolute atomic E-state index is 13.1. The zero-order chi connectivity index (χ0) is 22.6. The number of piperazine rings is 1. The molecule has 1 N–H and O–H groups in total. The van der Waals surface area contributed by atoms with E-state index in [0.717, 1.165) is 11.1 Å². The molecule has 2 heterocycles. The highest BCUT2D eigenvalue weighted by Gasteiger charge is 2.35. The number of thiophene rings is 1. The largest absolute Gasteiger partial charge is 0.444 e. The molecule has 0 radical (unpaired) electrons. The van der Waals surface area contributed by atoms with Crippen LogP contribution in [0.1, 0.15) is 48.3 Å². The van der Waals surface area contributed by atoms with Crippen LogP contribution in [0.3, 0.4) is 0 Å². The third-order valence-electron chi connectivity index (χ3n) is 5.05. The van der Waals surface area contributed by atoms with Crippen molar-refractivity contribution in [2.45, 2.75) is 38.8 Å². The lowest BCUT2D eigenvalue weighted by molar-refractivity contribution is -0.135. The number of carbonyl (C=O) groups is 3. The van der Waals surface area contributed by atoms with Gasteiger partial charge in [0.25, 0.3) is 5.91 Å². The molecule has 0 spiro atoms. The van der Waals surface area contributed by atoms with E-state index in [1.54, 1.807) is 41.5 Å². The fourth-order valence-electron chi connectivity index (χ4n) is 3.56. The van der Waals surface area contributed by atoms with Crippen LogP contribution in [-0.4, -0.2) is 60.0 Å². The van der Waals surface area contributed by atoms with Crippen molar-refractivity contribution in [1.82, 2.24) is 15.1 Å². The van der Waals surface area contributed by atoms with Crippen molar-refractivity contribution in [2.75, 3.05) is 26.7 Å². The first-order chi connectivity index (χ1) is 14.7. The maximum Gasteiger partial charge on any atom is 0.410 e. The number of carbonyl (C=O) groups excluding carboxylic acids is 3. The van der Waals surface area contributed by atoms with E-state index in [9.17, 15) is 14.4 Å². The van der Waals surface area contributed by atoms with Gasteiger partial charge in [0.05, 0.1) is 12.5 Å². The van der Waals surface area contributed by atoms with E-state index in [4.69, 9.17) is 4.74 Å². The topological polar surface area (TPSA) is 79.0 Å². The molecule has 0 saturated carbocycles. The van der Waals surface area contributed by atoms with Gasteiger partial charge in [0.2, 0.25) is 5.91 Å². The monoisotopic (exact) mass is 443 g/mol. The van der Waals surface area contributed by atoms with Gasteiger partial charge in [-0.1, -0.05) is 12.1 Å². The van der Waals surface area contributed by atoms with Gasteiger partial charge in [-0.15, -0.1) is 0 Å². The third-order valence-corrected chi connectivity index (χ3v) is 5.78. The van der Waals surface area contributed by atoms with Crippen LogP contribution in [0.2, 0.25) is 0 Å². The van der Waals surface area contributed by atoms with E-state index in [2.05, 4.69) is 5.32 Å². The molecular formula is C23H29N3O4S. The molecule has 166 valence electrons. The third kappa shape index (κ3) is 5.85. The van der Waals surface area contributed by atoms with Gasteiger partial charge in [0.15, 0.2) is 0 Å². The molecule has 1 atom stereocenters. The van der Waals surface area contributed by atoms with Crippen molar-refractivity contribution < 1.29 is 19.1 Å². The average molecular weight is 444 g/mol. The standard InChI is InChI=1S/C23H29N3O4S/c1-23(2,3)30-22(29)25-9-10-26(20(27)12-16-8-11-31-15-16)19(14-25)17-6-5-7-18(13-17)21(28)24-4/h5-8,11,13,15,19H,9-10,12,14H2,1-4H3,(H,24,28). The number of rotatable bonds is 4. The van der Waals surface area contributed by atoms with Crippen LogP contribution < -0.4 is 5.32 Å². The molecule has 1 aromatic heterocycles. The summed E-state index contributed by atoms with van der Waals surface area (Å²) in [6.07, 6.45) is -0.0911. The van der Waals surface area contributed by atoms with E-state index in [-0.39, 0.29) is 17.9 Å². The van der Waals surface area contributed by atoms with Crippen molar-refractivity contribution in [2.24, 2.45) is 0 Å². The number of amides is 3. The Hall–Kier alpha value is -2.87. The second-order valence-electron chi connectivity index (χ2n) is 8.54. The van der Waals surface area contributed by atoms with Crippen molar-refractivity contribution in [3.05, 3.63) is 57.8 Å². The second kappa shape index (κ2) is 9.51. The molecule has 7 nitrogen and oxygen atoms in total. The summed E-state index contributed by atoms with van der Waals surface area (Å²) < 4.78 is 5.54. The first kappa shape index (κ1) is 22.8. The molecule has 2 aromatic rings. The minimum Gasteiger partial charge on any atom is -0.444 e. The van der Waals surface area contributed by atoms with E-state index >= 15 is 0 Å². The molecule has 1 unspecified atom stereocenters. The fourth-order valence-corrected chi connectivity index (χ4v) is 4.23. The van der Waals surface area contributed by atoms with Crippen LogP contribution >= 0.6 is 11.3 Å². The van der Waals surface area contributed by atoms with Crippen LogP contribution in [0, 0.1) is 0 Å². The van der Waals surface area contributed by atoms with Gasteiger partial charge in [-0.05, 0) is 60.9 Å². The lowest BCUT2D eigenvalue weighted by Gasteiger charge is -2.42. The van der Waals surface area contributed by atoms with Crippen LogP contribution in [0.15, 0.2) is 41.1 Å². The number of hydrogen-bond donors (Lipinski definition) is 1. The quantitative estimate of drug-likeness (QED) is 0.785. The summed E-state index contributed by atoms with van der Waals surface area (Å²) in [7, 11) is 1.58. The first-order valence-corrected chi connectivity index (χ1v) is 11.2. The SMILES string of the molecule is CNC(=O)c1cccc(C2CN(C(=O)OC(C)(C)C)CCN2C(=O)Cc2ccsc2)c1. The van der Waals surface area contributed by atoms with Crippen molar-refractivity contribution in [3.8, 4) is 0 Å². The minimum atomic E-state index is -0.600. The molecule has 8 heteroatoms. The second-order valence-corrected chi connectivity index (χ2v) is 9.32. The molecule has 1 aliphatic rings. The Morgan fingerprint density at radius 1 is 1.19 bits per heavy atom. The van der Waals surface area contributed by atoms with Crippen molar-refractivity contribution >= 4 is 29.2 Å². The van der Waals surface area contributed by atoms with E-state index < -0.39 is 11.7 Å². The van der Waals surface area contributed by atoms with Crippen LogP contribution in [-0.2, 0) is 16.0 Å². The Balaban J connectivity index is 1.87. The lowest BCUT2D eigenvalue weighted by Crippen LogP contribution is -2.53. The molecule has 1 saturated heterocycles. The Labute approximate surface area is 187 Å². The number of hydrogen-bond acceptors (Lipinski definition) is 5. The van der Waals surface area contributed by atoms with Gasteiger partial charge < -0.3 is 19.9 Å². The number of benzene rings is 1. The Bertz CT molecular complexity index is 937. The number of nitrogens with one attached hydrogen (secondary N) is 1. The van der Waals surface area contributed by atoms with Gasteiger partial charge in [0, 0.05) is 32.2 Å². The summed E-state index contributed by atoms with van der Waals surface area (Å²) >= 11 is 1.56. The lowest BCUT2D eigenvalue weighted by atomic mass is 9.99. The Morgan fingerprint density at radius 3 is 2.61 bits per heavy atom. The molecule has 1 aliphatic heterocycles. The van der Waals surface area contributed by atoms with Crippen molar-refractivity contribution in [3.63, 3.8) is 0 Å². The molecule has 31 heavy (non-hydrogen) atoms. The summed E-state index contributed by atoms with van der Waals surface area (Å²) in [5, 5.41) is 6.55. The molecule has 0 aliphatic carbocycles. The molecule has 3 amide bonds. The van der Waals surface area contributed by atoms with Crippen LogP contribution in [0.25, 0.3) is 0 Å². The van der Waals surface area contributed by atoms with Gasteiger partial charge in [0.1, 0.15) is 5.60 Å². The van der Waals surface area contributed by atoms with E-state index in [1.807, 2.05) is 48.6 Å². The zero-order valence-electron chi connectivity index (χ0n) is 18.4. The summed E-state index contributed by atoms with van der Waals surface area (Å²) in [5.74, 6) is -0.199. The highest BCUT2D eigenvalue weighted by atomic mass is 32.1. The van der Waals surface area contributed by atoms with Gasteiger partial charge in [-0.25, -0.2) is 4.79 Å². The van der Waals surface area contributed by atoms with Gasteiger partial charge in [-0.2, -0.15) is 11.3 Å². The molecule has 1 aromatic carbocycles. The van der Waals surface area contributed by atoms with Crippen LogP contribution in [0.4, 0.5) is 4.79 Å². The summed E-state index contributed by atoms with van der Waals surface area (Å²) in [4.78, 5) is 41.4. The summed E-state index contributed by atoms with van der Waals surface area (Å²) in [5.41, 5.74) is 1.70. The van der Waals surface area contributed by atoms with E-state index in [0.29, 0.717) is 31.6 Å². The Morgan fingerprint density at radius 2 is 1.97 bits per heavy atom. The zero-order valence-corrected chi connectivity index (χ0v) is 19.2. The predicted molar refractivity (Wildman–Crippen MR) is 120 cm³/mol. The van der Waals surface area contributed by atoms with Gasteiger partial charge >= 0.3 is 6.09 Å². The minimum absolute atomic E-state index is 0.00224. The summed E-state index contributed by atoms with van der Waals surface area (Å²) in [6.45, 7) is 6.59. The molecule has 3 rings (SSSR count). The highest BCUT2D eigenvalue weighted by Crippen LogP contribution is 2.28. The molecule has 1 fully saturated rings. The smallest absolute Gasteiger partial charge is 0.410 e. The molecule has 0 bridgehead atoms. The maximum atomic E-state index is 13.1. The number of nitrogens with zero attached hydrogens (tertiary/aromatic N) is 2. The Kier molecular flexibility index (Phi) is 7.00. The van der Waals surface area contributed by atoms with Crippen molar-refractivity contribution in [1.29, 1.82) is 0 Å². The summed E-state index contributed by atoms with van der Waals surface area (Å²) in [6, 6.07) is 8.79.